The molecule has 2 aliphatic rings. The highest BCUT2D eigenvalue weighted by atomic mass is 16.5. The van der Waals surface area contributed by atoms with Gasteiger partial charge >= 0.3 is 0 Å². The summed E-state index contributed by atoms with van der Waals surface area (Å²) in [5.41, 5.74) is 10.1. The Morgan fingerprint density at radius 3 is 2.69 bits per heavy atom. The quantitative estimate of drug-likeness (QED) is 0.335. The zero-order valence-corrected chi connectivity index (χ0v) is 20.6. The zero-order valence-electron chi connectivity index (χ0n) is 20.6. The van der Waals surface area contributed by atoms with Crippen LogP contribution in [-0.4, -0.2) is 58.8 Å². The maximum absolute atomic E-state index is 11.5. The summed E-state index contributed by atoms with van der Waals surface area (Å²) in [7, 11) is 1.64. The minimum atomic E-state index is 0.312. The van der Waals surface area contributed by atoms with E-state index in [0.717, 1.165) is 45.7 Å². The first-order valence-electron chi connectivity index (χ1n) is 12.5. The molecule has 0 spiro atoms. The molecule has 2 fully saturated rings. The van der Waals surface area contributed by atoms with E-state index in [9.17, 15) is 4.91 Å². The van der Waals surface area contributed by atoms with Crippen molar-refractivity contribution in [3.63, 3.8) is 0 Å². The molecule has 1 saturated heterocycles. The number of nitrogens with zero attached hydrogens (tertiary/aromatic N) is 5. The SMILES string of the molecule is COc1cc(N2CC[N+](=O)CC2)ccc1Nc1ncc2cc(/C(C=N)=C/N)n(C3CCCCC3)c2n1. The van der Waals surface area contributed by atoms with Crippen LogP contribution in [0, 0.1) is 10.3 Å². The molecule has 3 aromatic rings. The van der Waals surface area contributed by atoms with Gasteiger partial charge in [-0.05, 0) is 31.0 Å². The lowest BCUT2D eigenvalue weighted by molar-refractivity contribution is -0.550. The van der Waals surface area contributed by atoms with Gasteiger partial charge in [-0.3, -0.25) is 0 Å². The molecule has 0 unspecified atom stereocenters. The fraction of sp³-hybridized carbons (Fsp3) is 0.423. The normalized spacial score (nSPS) is 17.4. The molecular weight excluding hydrogens is 456 g/mol. The first-order chi connectivity index (χ1) is 17.6. The molecule has 0 radical (unpaired) electrons. The molecule has 0 bridgehead atoms. The van der Waals surface area contributed by atoms with E-state index in [4.69, 9.17) is 20.9 Å². The summed E-state index contributed by atoms with van der Waals surface area (Å²) in [5.74, 6) is 1.16. The summed E-state index contributed by atoms with van der Waals surface area (Å²) in [5, 5.41) is 12.1. The van der Waals surface area contributed by atoms with Crippen molar-refractivity contribution in [1.29, 1.82) is 5.41 Å². The number of hydrogen-bond acceptors (Lipinski definition) is 8. The van der Waals surface area contributed by atoms with Crippen LogP contribution in [0.3, 0.4) is 0 Å². The highest BCUT2D eigenvalue weighted by Gasteiger charge is 2.24. The van der Waals surface area contributed by atoms with Crippen LogP contribution in [0.4, 0.5) is 17.3 Å². The number of nitrogens with two attached hydrogens (primary N) is 1. The largest absolute Gasteiger partial charge is 0.494 e. The van der Waals surface area contributed by atoms with Gasteiger partial charge in [0.1, 0.15) is 11.4 Å². The summed E-state index contributed by atoms with van der Waals surface area (Å²) in [6.07, 6.45) is 10.4. The predicted molar refractivity (Wildman–Crippen MR) is 142 cm³/mol. The second-order valence-electron chi connectivity index (χ2n) is 9.36. The van der Waals surface area contributed by atoms with Gasteiger partial charge < -0.3 is 30.7 Å². The molecule has 36 heavy (non-hydrogen) atoms. The van der Waals surface area contributed by atoms with Gasteiger partial charge in [0, 0.05) is 57.0 Å². The number of hydrogen-bond donors (Lipinski definition) is 3. The van der Waals surface area contributed by atoms with Crippen LogP contribution >= 0.6 is 0 Å². The summed E-state index contributed by atoms with van der Waals surface area (Å²) in [6.45, 7) is 2.37. The summed E-state index contributed by atoms with van der Waals surface area (Å²) in [6, 6.07) is 8.30. The number of fused-ring (bicyclic) bond motifs is 1. The summed E-state index contributed by atoms with van der Waals surface area (Å²) < 4.78 is 9.01. The molecule has 3 heterocycles. The highest BCUT2D eigenvalue weighted by Crippen LogP contribution is 2.36. The number of rotatable bonds is 7. The molecule has 5 rings (SSSR count). The molecule has 0 atom stereocenters. The fourth-order valence-corrected chi connectivity index (χ4v) is 5.25. The lowest BCUT2D eigenvalue weighted by atomic mass is 9.95. The molecule has 0 amide bonds. The van der Waals surface area contributed by atoms with Gasteiger partial charge in [-0.15, -0.1) is 0 Å². The molecule has 1 aliphatic carbocycles. The van der Waals surface area contributed by atoms with Crippen molar-refractivity contribution in [3.05, 3.63) is 47.3 Å². The first-order valence-corrected chi connectivity index (χ1v) is 12.5. The molecule has 2 aromatic heterocycles. The Labute approximate surface area is 210 Å². The van der Waals surface area contributed by atoms with Gasteiger partial charge in [0.25, 0.3) is 0 Å². The topological polar surface area (TPSA) is 125 Å². The monoisotopic (exact) mass is 489 g/mol. The van der Waals surface area contributed by atoms with Crippen LogP contribution in [-0.2, 0) is 0 Å². The molecular formula is C26H33N8O2+. The number of allylic oxidation sites excluding steroid dienone is 1. The van der Waals surface area contributed by atoms with Gasteiger partial charge in [0.2, 0.25) is 19.0 Å². The van der Waals surface area contributed by atoms with Crippen molar-refractivity contribution in [2.24, 2.45) is 5.73 Å². The number of anilines is 3. The lowest BCUT2D eigenvalue weighted by Gasteiger charge is -2.26. The van der Waals surface area contributed by atoms with Crippen LogP contribution in [0.25, 0.3) is 16.6 Å². The third-order valence-electron chi connectivity index (χ3n) is 7.18. The molecule has 1 saturated carbocycles. The average molecular weight is 490 g/mol. The van der Waals surface area contributed by atoms with Crippen molar-refractivity contribution in [3.8, 4) is 5.75 Å². The van der Waals surface area contributed by atoms with Crippen molar-refractivity contribution in [2.45, 2.75) is 38.1 Å². The van der Waals surface area contributed by atoms with Gasteiger partial charge in [-0.1, -0.05) is 19.3 Å². The number of benzene rings is 1. The number of piperazine rings is 1. The highest BCUT2D eigenvalue weighted by molar-refractivity contribution is 6.09. The average Bonchev–Trinajstić information content (AvgIpc) is 3.29. The van der Waals surface area contributed by atoms with Crippen LogP contribution in [0.2, 0.25) is 0 Å². The van der Waals surface area contributed by atoms with E-state index >= 15 is 0 Å². The minimum Gasteiger partial charge on any atom is -0.494 e. The maximum Gasteiger partial charge on any atom is 0.229 e. The van der Waals surface area contributed by atoms with E-state index in [2.05, 4.69) is 19.8 Å². The van der Waals surface area contributed by atoms with E-state index < -0.39 is 0 Å². The predicted octanol–water partition coefficient (Wildman–Crippen LogP) is 4.24. The smallest absolute Gasteiger partial charge is 0.229 e. The lowest BCUT2D eigenvalue weighted by Crippen LogP contribution is -2.41. The standard InChI is InChI=1S/C26H33N8O2/c1-36-24-14-21(32-9-11-33(35)12-10-32)7-8-22(24)30-26-29-17-18-13-23(19(15-27)16-28)34(25(18)31-26)20-5-3-2-4-6-20/h7-8,13-17,20,27H,2-6,9-12,28H2,1H3,(H,29,30,31)/q+1/b19-16+,27-15?. The number of methoxy groups -OCH3 is 1. The van der Waals surface area contributed by atoms with Gasteiger partial charge in [0.15, 0.2) is 0 Å². The van der Waals surface area contributed by atoms with Crippen molar-refractivity contribution in [2.75, 3.05) is 43.5 Å². The number of nitrogens with one attached hydrogen (secondary N) is 2. The van der Waals surface area contributed by atoms with Crippen LogP contribution in [0.1, 0.15) is 43.8 Å². The van der Waals surface area contributed by atoms with Crippen molar-refractivity contribution >= 4 is 40.1 Å². The Morgan fingerprint density at radius 2 is 2.00 bits per heavy atom. The van der Waals surface area contributed by atoms with Gasteiger partial charge in [-0.2, -0.15) is 4.98 Å². The van der Waals surface area contributed by atoms with Crippen LogP contribution < -0.4 is 20.7 Å². The van der Waals surface area contributed by atoms with Crippen LogP contribution in [0.5, 0.6) is 5.75 Å². The molecule has 188 valence electrons. The second kappa shape index (κ2) is 10.3. The Hall–Kier alpha value is -3.95. The maximum atomic E-state index is 11.5. The number of nitroso groups, excluding NO2 is 1. The molecule has 10 nitrogen and oxygen atoms in total. The van der Waals surface area contributed by atoms with Crippen molar-refractivity contribution in [1.82, 2.24) is 14.5 Å². The third kappa shape index (κ3) is 4.62. The van der Waals surface area contributed by atoms with Gasteiger partial charge in [-0.25, -0.2) is 4.98 Å². The first kappa shape index (κ1) is 23.8. The van der Waals surface area contributed by atoms with E-state index in [1.165, 1.54) is 31.7 Å². The number of aromatic nitrogens is 3. The third-order valence-corrected chi connectivity index (χ3v) is 7.18. The second-order valence-corrected chi connectivity index (χ2v) is 9.36. The fourth-order valence-electron chi connectivity index (χ4n) is 5.25. The van der Waals surface area contributed by atoms with E-state index in [1.54, 1.807) is 7.11 Å². The minimum absolute atomic E-state index is 0.312. The zero-order chi connectivity index (χ0) is 25.1. The Bertz CT molecular complexity index is 1300. The molecule has 4 N–H and O–H groups in total. The summed E-state index contributed by atoms with van der Waals surface area (Å²) in [4.78, 5) is 23.2. The Balaban J connectivity index is 1.48. The van der Waals surface area contributed by atoms with E-state index in [0.29, 0.717) is 49.5 Å². The van der Waals surface area contributed by atoms with Crippen molar-refractivity contribution < 1.29 is 9.50 Å². The molecule has 1 aliphatic heterocycles. The molecule has 1 aromatic carbocycles. The summed E-state index contributed by atoms with van der Waals surface area (Å²) >= 11 is 0. The van der Waals surface area contributed by atoms with E-state index in [-0.39, 0.29) is 0 Å². The Kier molecular flexibility index (Phi) is 6.84. The van der Waals surface area contributed by atoms with Gasteiger partial charge in [0.05, 0.1) is 31.6 Å². The molecule has 10 heteroatoms. The van der Waals surface area contributed by atoms with E-state index in [1.807, 2.05) is 30.5 Å². The number of ether oxygens (including phenoxy) is 1. The van der Waals surface area contributed by atoms with Crippen LogP contribution in [0.15, 0.2) is 36.7 Å². The Morgan fingerprint density at radius 1 is 1.22 bits per heavy atom.